The first-order chi connectivity index (χ1) is 14.3. The average molecular weight is 422 g/mol. The lowest BCUT2D eigenvalue weighted by molar-refractivity contribution is -0.134. The van der Waals surface area contributed by atoms with E-state index in [1.807, 2.05) is 39.0 Å². The second-order valence-electron chi connectivity index (χ2n) is 5.97. The van der Waals surface area contributed by atoms with Crippen LogP contribution in [-0.4, -0.2) is 47.2 Å². The third kappa shape index (κ3) is 11.0. The SMILES string of the molecule is CCCCC1C(=O)NN(c2ccccc2)C1=O.CCOCC.O=C(O)/C=C\C(=O)O. The second kappa shape index (κ2) is 15.7. The summed E-state index contributed by atoms with van der Waals surface area (Å²) in [6.07, 6.45) is 3.63. The summed E-state index contributed by atoms with van der Waals surface area (Å²) in [5, 5.41) is 17.0. The first kappa shape index (κ1) is 26.8. The van der Waals surface area contributed by atoms with E-state index in [1.54, 1.807) is 12.1 Å². The molecule has 166 valence electrons. The van der Waals surface area contributed by atoms with Gasteiger partial charge in [-0.25, -0.2) is 14.6 Å². The predicted molar refractivity (Wildman–Crippen MR) is 112 cm³/mol. The highest BCUT2D eigenvalue weighted by Gasteiger charge is 2.39. The van der Waals surface area contributed by atoms with Gasteiger partial charge in [-0.2, -0.15) is 0 Å². The number of aliphatic carboxylic acids is 2. The Morgan fingerprint density at radius 2 is 1.57 bits per heavy atom. The molecule has 1 heterocycles. The van der Waals surface area contributed by atoms with E-state index in [-0.39, 0.29) is 11.8 Å². The monoisotopic (exact) mass is 422 g/mol. The van der Waals surface area contributed by atoms with Crippen LogP contribution in [0.1, 0.15) is 40.0 Å². The highest BCUT2D eigenvalue weighted by Crippen LogP contribution is 2.22. The lowest BCUT2D eigenvalue weighted by Crippen LogP contribution is -2.35. The Balaban J connectivity index is 0.000000540. The van der Waals surface area contributed by atoms with Gasteiger partial charge in [0.15, 0.2) is 0 Å². The average Bonchev–Trinajstić information content (AvgIpc) is 3.00. The normalized spacial score (nSPS) is 15.0. The van der Waals surface area contributed by atoms with E-state index in [2.05, 4.69) is 5.43 Å². The van der Waals surface area contributed by atoms with Crippen molar-refractivity contribution < 1.29 is 34.1 Å². The van der Waals surface area contributed by atoms with Crippen LogP contribution < -0.4 is 10.4 Å². The van der Waals surface area contributed by atoms with Crippen LogP contribution in [0.3, 0.4) is 0 Å². The fourth-order valence-electron chi connectivity index (χ4n) is 2.29. The summed E-state index contributed by atoms with van der Waals surface area (Å²) in [7, 11) is 0. The van der Waals surface area contributed by atoms with Crippen molar-refractivity contribution in [3.8, 4) is 0 Å². The van der Waals surface area contributed by atoms with Gasteiger partial charge in [0.2, 0.25) is 0 Å². The molecule has 1 aromatic carbocycles. The van der Waals surface area contributed by atoms with Crippen LogP contribution >= 0.6 is 0 Å². The van der Waals surface area contributed by atoms with Crippen molar-refractivity contribution in [1.82, 2.24) is 5.43 Å². The summed E-state index contributed by atoms with van der Waals surface area (Å²) in [6, 6.07) is 9.17. The maximum atomic E-state index is 12.1. The Labute approximate surface area is 176 Å². The van der Waals surface area contributed by atoms with Crippen molar-refractivity contribution in [3.05, 3.63) is 42.5 Å². The number of carbonyl (C=O) groups excluding carboxylic acids is 2. The molecule has 2 rings (SSSR count). The summed E-state index contributed by atoms with van der Waals surface area (Å²) < 4.78 is 4.83. The largest absolute Gasteiger partial charge is 0.478 e. The first-order valence-electron chi connectivity index (χ1n) is 9.69. The molecule has 1 aliphatic rings. The number of nitrogens with zero attached hydrogens (tertiary/aromatic N) is 1. The van der Waals surface area contributed by atoms with Gasteiger partial charge in [0.1, 0.15) is 5.92 Å². The Morgan fingerprint density at radius 1 is 1.03 bits per heavy atom. The zero-order valence-electron chi connectivity index (χ0n) is 17.5. The van der Waals surface area contributed by atoms with E-state index >= 15 is 0 Å². The van der Waals surface area contributed by atoms with E-state index in [4.69, 9.17) is 14.9 Å². The number of amides is 2. The predicted octanol–water partition coefficient (Wildman–Crippen LogP) is 2.63. The fraction of sp³-hybridized carbons (Fsp3) is 0.429. The van der Waals surface area contributed by atoms with E-state index in [0.717, 1.165) is 26.1 Å². The molecule has 0 spiro atoms. The smallest absolute Gasteiger partial charge is 0.328 e. The third-order valence-electron chi connectivity index (χ3n) is 3.69. The highest BCUT2D eigenvalue weighted by atomic mass is 16.5. The first-order valence-corrected chi connectivity index (χ1v) is 9.69. The van der Waals surface area contributed by atoms with Gasteiger partial charge in [-0.1, -0.05) is 38.0 Å². The standard InChI is InChI=1S/C13H16N2O2.C4H4O4.C4H10O/c1-2-3-9-11-12(16)14-15(13(11)17)10-7-5-4-6-8-10;5-3(6)1-2-4(7)8;1-3-5-4-2/h4-8,11H,2-3,9H2,1H3,(H,14,16);1-2H,(H,5,6)(H,7,8);3-4H2,1-2H3/b;2-1-;. The van der Waals surface area contributed by atoms with E-state index < -0.39 is 17.9 Å². The Hall–Kier alpha value is -3.20. The number of unbranched alkanes of at least 4 members (excludes halogenated alkanes) is 1. The molecule has 3 N–H and O–H groups in total. The van der Waals surface area contributed by atoms with Crippen LogP contribution in [-0.2, 0) is 23.9 Å². The molecule has 1 atom stereocenters. The Morgan fingerprint density at radius 3 is 1.97 bits per heavy atom. The number of hydrazine groups is 1. The van der Waals surface area contributed by atoms with E-state index in [9.17, 15) is 19.2 Å². The Bertz CT molecular complexity index is 687. The lowest BCUT2D eigenvalue weighted by Gasteiger charge is -2.14. The number of benzene rings is 1. The zero-order valence-corrected chi connectivity index (χ0v) is 17.5. The van der Waals surface area contributed by atoms with Gasteiger partial charge in [0.25, 0.3) is 11.8 Å². The minimum absolute atomic E-state index is 0.144. The quantitative estimate of drug-likeness (QED) is 0.433. The summed E-state index contributed by atoms with van der Waals surface area (Å²) >= 11 is 0. The van der Waals surface area contributed by atoms with Crippen molar-refractivity contribution in [2.24, 2.45) is 5.92 Å². The van der Waals surface area contributed by atoms with Crippen LogP contribution in [0.25, 0.3) is 0 Å². The number of hydrogen-bond donors (Lipinski definition) is 3. The number of rotatable bonds is 8. The van der Waals surface area contributed by atoms with Crippen molar-refractivity contribution in [1.29, 1.82) is 0 Å². The number of nitrogens with one attached hydrogen (secondary N) is 1. The maximum absolute atomic E-state index is 12.1. The molecule has 1 aliphatic heterocycles. The van der Waals surface area contributed by atoms with Crippen LogP contribution in [0.5, 0.6) is 0 Å². The van der Waals surface area contributed by atoms with Crippen LogP contribution in [0.2, 0.25) is 0 Å². The van der Waals surface area contributed by atoms with Gasteiger partial charge in [0, 0.05) is 25.4 Å². The van der Waals surface area contributed by atoms with Gasteiger partial charge in [-0.05, 0) is 32.4 Å². The van der Waals surface area contributed by atoms with Gasteiger partial charge in [-0.15, -0.1) is 0 Å². The lowest BCUT2D eigenvalue weighted by atomic mass is 10.0. The topological polar surface area (TPSA) is 133 Å². The molecule has 9 nitrogen and oxygen atoms in total. The van der Waals surface area contributed by atoms with Crippen LogP contribution in [0, 0.1) is 5.92 Å². The highest BCUT2D eigenvalue weighted by molar-refractivity contribution is 6.14. The number of carboxylic acids is 2. The van der Waals surface area contributed by atoms with Gasteiger partial charge < -0.3 is 14.9 Å². The minimum Gasteiger partial charge on any atom is -0.478 e. The maximum Gasteiger partial charge on any atom is 0.328 e. The van der Waals surface area contributed by atoms with Crippen molar-refractivity contribution in [2.45, 2.75) is 40.0 Å². The number of ether oxygens (including phenoxy) is 1. The number of carbonyl (C=O) groups is 4. The molecule has 30 heavy (non-hydrogen) atoms. The molecule has 0 saturated carbocycles. The molecule has 1 saturated heterocycles. The molecule has 1 aromatic rings. The van der Waals surface area contributed by atoms with Gasteiger partial charge in [0.05, 0.1) is 5.69 Å². The number of hydrogen-bond acceptors (Lipinski definition) is 5. The number of carboxylic acid groups (broad SMARTS) is 2. The third-order valence-corrected chi connectivity index (χ3v) is 3.69. The fourth-order valence-corrected chi connectivity index (χ4v) is 2.29. The molecular formula is C21H30N2O7. The van der Waals surface area contributed by atoms with Crippen molar-refractivity contribution >= 4 is 29.4 Å². The molecule has 1 fully saturated rings. The van der Waals surface area contributed by atoms with Crippen molar-refractivity contribution in [3.63, 3.8) is 0 Å². The van der Waals surface area contributed by atoms with Crippen LogP contribution in [0.15, 0.2) is 42.5 Å². The molecule has 0 aliphatic carbocycles. The molecule has 0 bridgehead atoms. The summed E-state index contributed by atoms with van der Waals surface area (Å²) in [5.41, 5.74) is 3.34. The number of anilines is 1. The Kier molecular flexibility index (Phi) is 14.0. The second-order valence-corrected chi connectivity index (χ2v) is 5.97. The van der Waals surface area contributed by atoms with Gasteiger partial charge >= 0.3 is 11.9 Å². The summed E-state index contributed by atoms with van der Waals surface area (Å²) in [5.74, 6) is -3.36. The molecule has 0 aromatic heterocycles. The molecule has 0 radical (unpaired) electrons. The molecule has 1 unspecified atom stereocenters. The van der Waals surface area contributed by atoms with E-state index in [1.165, 1.54) is 5.01 Å². The molecule has 2 amide bonds. The molecular weight excluding hydrogens is 392 g/mol. The molecule has 9 heteroatoms. The number of para-hydroxylation sites is 1. The minimum atomic E-state index is -1.26. The van der Waals surface area contributed by atoms with Crippen molar-refractivity contribution in [2.75, 3.05) is 18.2 Å². The zero-order chi connectivity index (χ0) is 22.9. The van der Waals surface area contributed by atoms with Gasteiger partial charge in [-0.3, -0.25) is 15.0 Å². The van der Waals surface area contributed by atoms with Crippen LogP contribution in [0.4, 0.5) is 5.69 Å². The van der Waals surface area contributed by atoms with E-state index in [0.29, 0.717) is 24.3 Å². The summed E-state index contributed by atoms with van der Waals surface area (Å²) in [4.78, 5) is 42.9. The summed E-state index contributed by atoms with van der Waals surface area (Å²) in [6.45, 7) is 7.71.